The van der Waals surface area contributed by atoms with E-state index in [-0.39, 0.29) is 0 Å². The van der Waals surface area contributed by atoms with Gasteiger partial charge in [0.15, 0.2) is 0 Å². The molecule has 0 unspecified atom stereocenters. The van der Waals surface area contributed by atoms with Gasteiger partial charge in [-0.2, -0.15) is 4.37 Å². The van der Waals surface area contributed by atoms with Crippen molar-refractivity contribution < 1.29 is 0 Å². The van der Waals surface area contributed by atoms with Crippen LogP contribution in [-0.2, 0) is 0 Å². The first-order chi connectivity index (χ1) is 6.65. The lowest BCUT2D eigenvalue weighted by Crippen LogP contribution is -2.20. The second-order valence-electron chi connectivity index (χ2n) is 3.65. The van der Waals surface area contributed by atoms with Gasteiger partial charge in [0.2, 0.25) is 5.13 Å². The van der Waals surface area contributed by atoms with Crippen molar-refractivity contribution in [2.45, 2.75) is 26.2 Å². The molecular formula is C9H18N4S. The highest BCUT2D eigenvalue weighted by atomic mass is 32.1. The Balaban J connectivity index is 2.57. The van der Waals surface area contributed by atoms with Gasteiger partial charge in [-0.25, -0.2) is 4.98 Å². The molecule has 0 aliphatic rings. The molecule has 2 N–H and O–H groups in total. The minimum Gasteiger partial charge on any atom is -0.350 e. The van der Waals surface area contributed by atoms with E-state index in [0.29, 0.717) is 5.92 Å². The van der Waals surface area contributed by atoms with Crippen LogP contribution in [0.3, 0.4) is 0 Å². The fourth-order valence-corrected chi connectivity index (χ4v) is 1.83. The van der Waals surface area contributed by atoms with Crippen molar-refractivity contribution in [2.24, 2.45) is 5.73 Å². The summed E-state index contributed by atoms with van der Waals surface area (Å²) in [5.74, 6) is 1.34. The molecule has 0 spiro atoms. The van der Waals surface area contributed by atoms with Gasteiger partial charge in [0.05, 0.1) is 0 Å². The van der Waals surface area contributed by atoms with Crippen molar-refractivity contribution in [3.05, 3.63) is 5.82 Å². The van der Waals surface area contributed by atoms with Gasteiger partial charge in [-0.3, -0.25) is 0 Å². The summed E-state index contributed by atoms with van der Waals surface area (Å²) < 4.78 is 4.30. The van der Waals surface area contributed by atoms with E-state index in [2.05, 4.69) is 28.1 Å². The summed E-state index contributed by atoms with van der Waals surface area (Å²) in [5, 5.41) is 0.988. The molecular weight excluding hydrogens is 196 g/mol. The number of hydrogen-bond donors (Lipinski definition) is 1. The highest BCUT2D eigenvalue weighted by molar-refractivity contribution is 7.09. The highest BCUT2D eigenvalue weighted by Gasteiger charge is 2.10. The molecule has 0 aliphatic heterocycles. The van der Waals surface area contributed by atoms with E-state index < -0.39 is 0 Å². The molecule has 80 valence electrons. The number of anilines is 1. The standard InChI is InChI=1S/C9H18N4S/c1-7(2)8-11-9(14-12-8)13(3)6-4-5-10/h7H,4-6,10H2,1-3H3. The van der Waals surface area contributed by atoms with Crippen molar-refractivity contribution in [1.82, 2.24) is 9.36 Å². The molecule has 14 heavy (non-hydrogen) atoms. The molecule has 0 saturated heterocycles. The average Bonchev–Trinajstić information content (AvgIpc) is 2.62. The van der Waals surface area contributed by atoms with Gasteiger partial charge >= 0.3 is 0 Å². The van der Waals surface area contributed by atoms with Gasteiger partial charge in [-0.05, 0) is 13.0 Å². The lowest BCUT2D eigenvalue weighted by molar-refractivity contribution is 0.773. The molecule has 1 heterocycles. The predicted octanol–water partition coefficient (Wildman–Crippen LogP) is 1.45. The Labute approximate surface area is 89.3 Å². The van der Waals surface area contributed by atoms with Gasteiger partial charge in [0, 0.05) is 31.0 Å². The molecule has 0 fully saturated rings. The molecule has 0 atom stereocenters. The van der Waals surface area contributed by atoms with Crippen LogP contribution in [0.1, 0.15) is 32.0 Å². The molecule has 0 bridgehead atoms. The summed E-state index contributed by atoms with van der Waals surface area (Å²) in [4.78, 5) is 6.56. The van der Waals surface area contributed by atoms with E-state index in [1.54, 1.807) is 0 Å². The zero-order chi connectivity index (χ0) is 10.6. The Kier molecular flexibility index (Phi) is 4.28. The first-order valence-corrected chi connectivity index (χ1v) is 5.67. The quantitative estimate of drug-likeness (QED) is 0.806. The molecule has 0 aromatic carbocycles. The van der Waals surface area contributed by atoms with Crippen LogP contribution in [0.15, 0.2) is 0 Å². The van der Waals surface area contributed by atoms with E-state index in [0.717, 1.165) is 30.5 Å². The van der Waals surface area contributed by atoms with Crippen LogP contribution in [-0.4, -0.2) is 29.5 Å². The van der Waals surface area contributed by atoms with Crippen molar-refractivity contribution in [3.63, 3.8) is 0 Å². The van der Waals surface area contributed by atoms with Gasteiger partial charge in [-0.15, -0.1) is 0 Å². The summed E-state index contributed by atoms with van der Waals surface area (Å²) in [7, 11) is 2.03. The van der Waals surface area contributed by atoms with Gasteiger partial charge in [0.25, 0.3) is 0 Å². The first-order valence-electron chi connectivity index (χ1n) is 4.90. The van der Waals surface area contributed by atoms with Crippen LogP contribution in [0.5, 0.6) is 0 Å². The first kappa shape index (κ1) is 11.4. The number of rotatable bonds is 5. The Morgan fingerprint density at radius 3 is 2.71 bits per heavy atom. The van der Waals surface area contributed by atoms with Crippen LogP contribution in [0, 0.1) is 0 Å². The summed E-state index contributed by atoms with van der Waals surface area (Å²) in [6, 6.07) is 0. The lowest BCUT2D eigenvalue weighted by Gasteiger charge is -2.13. The maximum atomic E-state index is 5.45. The van der Waals surface area contributed by atoms with Crippen LogP contribution >= 0.6 is 11.5 Å². The molecule has 1 aromatic rings. The van der Waals surface area contributed by atoms with Gasteiger partial charge in [0.1, 0.15) is 5.82 Å². The fraction of sp³-hybridized carbons (Fsp3) is 0.778. The normalized spacial score (nSPS) is 10.9. The molecule has 1 aromatic heterocycles. The molecule has 5 heteroatoms. The second-order valence-corrected chi connectivity index (χ2v) is 4.38. The average molecular weight is 214 g/mol. The van der Waals surface area contributed by atoms with Crippen LogP contribution in [0.25, 0.3) is 0 Å². The van der Waals surface area contributed by atoms with Crippen LogP contribution < -0.4 is 10.6 Å². The maximum absolute atomic E-state index is 5.45. The minimum absolute atomic E-state index is 0.405. The fourth-order valence-electron chi connectivity index (χ4n) is 1.04. The number of hydrogen-bond acceptors (Lipinski definition) is 5. The van der Waals surface area contributed by atoms with Crippen molar-refractivity contribution in [3.8, 4) is 0 Å². The highest BCUT2D eigenvalue weighted by Crippen LogP contribution is 2.20. The lowest BCUT2D eigenvalue weighted by atomic mass is 10.2. The SMILES string of the molecule is CC(C)c1nsc(N(C)CCCN)n1. The van der Waals surface area contributed by atoms with Crippen molar-refractivity contribution in [1.29, 1.82) is 0 Å². The van der Waals surface area contributed by atoms with Crippen LogP contribution in [0.4, 0.5) is 5.13 Å². The summed E-state index contributed by atoms with van der Waals surface area (Å²) in [6.07, 6.45) is 0.993. The summed E-state index contributed by atoms with van der Waals surface area (Å²) in [5.41, 5.74) is 5.45. The Bertz CT molecular complexity index is 272. The number of nitrogens with two attached hydrogens (primary N) is 1. The van der Waals surface area contributed by atoms with E-state index in [1.807, 2.05) is 7.05 Å². The van der Waals surface area contributed by atoms with Crippen LogP contribution in [0.2, 0.25) is 0 Å². The Hall–Kier alpha value is -0.680. The molecule has 4 nitrogen and oxygen atoms in total. The summed E-state index contributed by atoms with van der Waals surface area (Å²) in [6.45, 7) is 5.88. The van der Waals surface area contributed by atoms with Gasteiger partial charge < -0.3 is 10.6 Å². The molecule has 0 saturated carbocycles. The summed E-state index contributed by atoms with van der Waals surface area (Å²) >= 11 is 1.46. The molecule has 0 radical (unpaired) electrons. The third-order valence-electron chi connectivity index (χ3n) is 1.97. The molecule has 0 aliphatic carbocycles. The largest absolute Gasteiger partial charge is 0.350 e. The smallest absolute Gasteiger partial charge is 0.204 e. The topological polar surface area (TPSA) is 55.0 Å². The Morgan fingerprint density at radius 1 is 1.50 bits per heavy atom. The van der Waals surface area contributed by atoms with E-state index in [4.69, 9.17) is 5.73 Å². The third kappa shape index (κ3) is 2.92. The third-order valence-corrected chi connectivity index (χ3v) is 2.82. The molecule has 0 amide bonds. The predicted molar refractivity (Wildman–Crippen MR) is 60.9 cm³/mol. The van der Waals surface area contributed by atoms with Crippen molar-refractivity contribution >= 4 is 16.7 Å². The molecule has 1 rings (SSSR count). The second kappa shape index (κ2) is 5.26. The maximum Gasteiger partial charge on any atom is 0.204 e. The minimum atomic E-state index is 0.405. The van der Waals surface area contributed by atoms with Crippen molar-refractivity contribution in [2.75, 3.05) is 25.0 Å². The van der Waals surface area contributed by atoms with E-state index >= 15 is 0 Å². The zero-order valence-corrected chi connectivity index (χ0v) is 9.84. The number of nitrogens with zero attached hydrogens (tertiary/aromatic N) is 3. The van der Waals surface area contributed by atoms with E-state index in [1.165, 1.54) is 11.5 Å². The monoisotopic (exact) mass is 214 g/mol. The Morgan fingerprint density at radius 2 is 2.21 bits per heavy atom. The zero-order valence-electron chi connectivity index (χ0n) is 9.03. The van der Waals surface area contributed by atoms with Gasteiger partial charge in [-0.1, -0.05) is 13.8 Å². The number of aromatic nitrogens is 2. The van der Waals surface area contributed by atoms with E-state index in [9.17, 15) is 0 Å².